The molecule has 0 fully saturated rings. The van der Waals surface area contributed by atoms with E-state index in [4.69, 9.17) is 27.1 Å². The van der Waals surface area contributed by atoms with Crippen LogP contribution in [0.15, 0.2) is 16.6 Å². The van der Waals surface area contributed by atoms with E-state index in [-0.39, 0.29) is 6.61 Å². The van der Waals surface area contributed by atoms with Crippen molar-refractivity contribution < 1.29 is 9.78 Å². The highest BCUT2D eigenvalue weighted by Crippen LogP contribution is 2.29. The van der Waals surface area contributed by atoms with Gasteiger partial charge in [0.15, 0.2) is 0 Å². The zero-order valence-corrected chi connectivity index (χ0v) is 10.1. The molecule has 0 saturated carbocycles. The number of rotatable bonds is 4. The van der Waals surface area contributed by atoms with Gasteiger partial charge in [-0.25, -0.2) is 9.78 Å². The maximum absolute atomic E-state index is 6.01. The fraction of sp³-hybridized carbons (Fsp3) is 0.333. The van der Waals surface area contributed by atoms with Crippen molar-refractivity contribution in [3.8, 4) is 0 Å². The summed E-state index contributed by atoms with van der Waals surface area (Å²) in [4.78, 5) is 9.66. The Labute approximate surface area is 96.2 Å². The van der Waals surface area contributed by atoms with Gasteiger partial charge >= 0.3 is 0 Å². The Morgan fingerprint density at radius 1 is 1.43 bits per heavy atom. The summed E-state index contributed by atoms with van der Waals surface area (Å²) in [5, 5.41) is 0.596. The van der Waals surface area contributed by atoms with Gasteiger partial charge in [-0.15, -0.1) is 0 Å². The van der Waals surface area contributed by atoms with Crippen molar-refractivity contribution in [1.82, 2.24) is 0 Å². The molecule has 1 aromatic carbocycles. The maximum atomic E-state index is 6.01. The molecule has 0 bridgehead atoms. The highest BCUT2D eigenvalue weighted by Gasteiger charge is 2.06. The molecule has 0 aromatic heterocycles. The van der Waals surface area contributed by atoms with Crippen molar-refractivity contribution in [1.29, 1.82) is 0 Å². The van der Waals surface area contributed by atoms with E-state index < -0.39 is 0 Å². The average molecular weight is 281 g/mol. The van der Waals surface area contributed by atoms with Crippen molar-refractivity contribution in [2.45, 2.75) is 13.5 Å². The molecule has 0 unspecified atom stereocenters. The summed E-state index contributed by atoms with van der Waals surface area (Å²) in [5.74, 6) is 0. The standard InChI is InChI=1S/C9H11BrClNO2/c1-2-13-14-5-6-3-7(12)4-8(10)9(6)11/h3-4H,2,5,12H2,1H3. The molecule has 1 rings (SSSR count). The molecule has 0 heterocycles. The third kappa shape index (κ3) is 3.13. The molecule has 0 saturated heterocycles. The van der Waals surface area contributed by atoms with Gasteiger partial charge in [0.25, 0.3) is 0 Å². The van der Waals surface area contributed by atoms with Crippen molar-refractivity contribution in [3.05, 3.63) is 27.2 Å². The second-order valence-corrected chi connectivity index (χ2v) is 3.88. The number of hydrogen-bond acceptors (Lipinski definition) is 3. The largest absolute Gasteiger partial charge is 0.399 e. The molecule has 0 spiro atoms. The van der Waals surface area contributed by atoms with Crippen molar-refractivity contribution in [2.24, 2.45) is 0 Å². The first-order valence-corrected chi connectivity index (χ1v) is 5.30. The molecule has 0 amide bonds. The van der Waals surface area contributed by atoms with E-state index in [0.29, 0.717) is 17.3 Å². The normalized spacial score (nSPS) is 10.5. The Morgan fingerprint density at radius 3 is 2.79 bits per heavy atom. The SMILES string of the molecule is CCOOCc1cc(N)cc(Br)c1Cl. The van der Waals surface area contributed by atoms with E-state index in [9.17, 15) is 0 Å². The van der Waals surface area contributed by atoms with E-state index in [1.165, 1.54) is 0 Å². The van der Waals surface area contributed by atoms with Gasteiger partial charge in [-0.1, -0.05) is 11.6 Å². The van der Waals surface area contributed by atoms with Crippen LogP contribution in [-0.4, -0.2) is 6.61 Å². The summed E-state index contributed by atoms with van der Waals surface area (Å²) in [6, 6.07) is 3.50. The number of nitrogen functional groups attached to an aromatic ring is 1. The van der Waals surface area contributed by atoms with Crippen LogP contribution >= 0.6 is 27.5 Å². The lowest BCUT2D eigenvalue weighted by Crippen LogP contribution is -1.97. The lowest BCUT2D eigenvalue weighted by molar-refractivity contribution is -0.300. The molecule has 0 radical (unpaired) electrons. The smallest absolute Gasteiger partial charge is 0.109 e. The molecule has 78 valence electrons. The molecular weight excluding hydrogens is 269 g/mol. The lowest BCUT2D eigenvalue weighted by Gasteiger charge is -2.07. The van der Waals surface area contributed by atoms with E-state index in [0.717, 1.165) is 10.0 Å². The summed E-state index contributed by atoms with van der Waals surface area (Å²) >= 11 is 9.30. The molecule has 1 aromatic rings. The van der Waals surface area contributed by atoms with Crippen molar-refractivity contribution in [3.63, 3.8) is 0 Å². The summed E-state index contributed by atoms with van der Waals surface area (Å²) in [6.45, 7) is 2.63. The van der Waals surface area contributed by atoms with Crippen molar-refractivity contribution >= 4 is 33.2 Å². The van der Waals surface area contributed by atoms with Gasteiger partial charge in [-0.3, -0.25) is 0 Å². The molecule has 2 N–H and O–H groups in total. The highest BCUT2D eigenvalue weighted by molar-refractivity contribution is 9.10. The minimum absolute atomic E-state index is 0.288. The van der Waals surface area contributed by atoms with Gasteiger partial charge in [0.05, 0.1) is 11.6 Å². The summed E-state index contributed by atoms with van der Waals surface area (Å²) < 4.78 is 0.759. The second-order valence-electron chi connectivity index (χ2n) is 2.64. The molecular formula is C9H11BrClNO2. The van der Waals surface area contributed by atoms with Crippen LogP contribution in [0.5, 0.6) is 0 Å². The Morgan fingerprint density at radius 2 is 2.14 bits per heavy atom. The molecule has 0 aliphatic heterocycles. The Kier molecular flexibility index (Phi) is 4.68. The highest BCUT2D eigenvalue weighted by atomic mass is 79.9. The van der Waals surface area contributed by atoms with Crippen LogP contribution in [0.4, 0.5) is 5.69 Å². The predicted molar refractivity (Wildman–Crippen MR) is 60.0 cm³/mol. The Hall–Kier alpha value is -0.290. The molecule has 0 atom stereocenters. The van der Waals surface area contributed by atoms with Gasteiger partial charge in [0, 0.05) is 15.7 Å². The zero-order chi connectivity index (χ0) is 10.6. The fourth-order valence-corrected chi connectivity index (χ4v) is 1.65. The van der Waals surface area contributed by atoms with Crippen molar-refractivity contribution in [2.75, 3.05) is 12.3 Å². The molecule has 3 nitrogen and oxygen atoms in total. The fourth-order valence-electron chi connectivity index (χ4n) is 0.963. The topological polar surface area (TPSA) is 44.5 Å². The first-order valence-electron chi connectivity index (χ1n) is 4.13. The van der Waals surface area contributed by atoms with Crippen LogP contribution in [0, 0.1) is 0 Å². The summed E-state index contributed by atoms with van der Waals surface area (Å²) in [5.41, 5.74) is 7.08. The van der Waals surface area contributed by atoms with E-state index in [1.54, 1.807) is 12.1 Å². The number of benzene rings is 1. The molecule has 14 heavy (non-hydrogen) atoms. The number of nitrogens with two attached hydrogens (primary N) is 1. The minimum atomic E-state index is 0.288. The number of anilines is 1. The van der Waals surface area contributed by atoms with E-state index >= 15 is 0 Å². The van der Waals surface area contributed by atoms with Crippen LogP contribution < -0.4 is 5.73 Å². The molecule has 0 aliphatic rings. The summed E-state index contributed by atoms with van der Waals surface area (Å²) in [6.07, 6.45) is 0. The van der Waals surface area contributed by atoms with Crippen LogP contribution in [0.3, 0.4) is 0 Å². The Bertz CT molecular complexity index is 320. The predicted octanol–water partition coefficient (Wildman–Crippen LogP) is 3.15. The first-order chi connectivity index (χ1) is 6.65. The molecule has 0 aliphatic carbocycles. The first kappa shape index (κ1) is 11.8. The van der Waals surface area contributed by atoms with Crippen LogP contribution in [0.1, 0.15) is 12.5 Å². The third-order valence-electron chi connectivity index (χ3n) is 1.54. The zero-order valence-electron chi connectivity index (χ0n) is 7.72. The third-order valence-corrected chi connectivity index (χ3v) is 2.84. The van der Waals surface area contributed by atoms with Gasteiger partial charge in [-0.2, -0.15) is 0 Å². The molecule has 5 heteroatoms. The number of halogens is 2. The lowest BCUT2D eigenvalue weighted by atomic mass is 10.2. The van der Waals surface area contributed by atoms with Gasteiger partial charge in [0.1, 0.15) is 6.61 Å². The number of hydrogen-bond donors (Lipinski definition) is 1. The van der Waals surface area contributed by atoms with Crippen LogP contribution in [-0.2, 0) is 16.4 Å². The van der Waals surface area contributed by atoms with Crippen LogP contribution in [0.25, 0.3) is 0 Å². The quantitative estimate of drug-likeness (QED) is 0.399. The van der Waals surface area contributed by atoms with Crippen LogP contribution in [0.2, 0.25) is 5.02 Å². The monoisotopic (exact) mass is 279 g/mol. The van der Waals surface area contributed by atoms with Gasteiger partial charge < -0.3 is 5.73 Å². The van der Waals surface area contributed by atoms with Gasteiger partial charge in [-0.05, 0) is 35.0 Å². The Balaban J connectivity index is 2.75. The van der Waals surface area contributed by atoms with E-state index in [2.05, 4.69) is 15.9 Å². The van der Waals surface area contributed by atoms with Gasteiger partial charge in [0.2, 0.25) is 0 Å². The summed E-state index contributed by atoms with van der Waals surface area (Å²) in [7, 11) is 0. The second kappa shape index (κ2) is 5.56. The minimum Gasteiger partial charge on any atom is -0.399 e. The van der Waals surface area contributed by atoms with E-state index in [1.807, 2.05) is 6.92 Å². The maximum Gasteiger partial charge on any atom is 0.109 e. The average Bonchev–Trinajstić information content (AvgIpc) is 2.13.